The van der Waals surface area contributed by atoms with Crippen molar-refractivity contribution >= 4 is 34.8 Å². The Hall–Kier alpha value is -1.92. The van der Waals surface area contributed by atoms with Crippen LogP contribution in [0.5, 0.6) is 0 Å². The molecule has 0 aliphatic rings. The Balaban J connectivity index is 1.79. The van der Waals surface area contributed by atoms with Crippen LogP contribution in [0.3, 0.4) is 0 Å². The van der Waals surface area contributed by atoms with Crippen LogP contribution in [0, 0.1) is 0 Å². The predicted octanol–water partition coefficient (Wildman–Crippen LogP) is 2.74. The predicted molar refractivity (Wildman–Crippen MR) is 80.7 cm³/mol. The zero-order valence-electron chi connectivity index (χ0n) is 11.0. The van der Waals surface area contributed by atoms with Crippen molar-refractivity contribution in [2.45, 2.75) is 19.4 Å². The summed E-state index contributed by atoms with van der Waals surface area (Å²) in [5.41, 5.74) is 0.928. The molecule has 1 aromatic heterocycles. The van der Waals surface area contributed by atoms with Gasteiger partial charge in [0.2, 0.25) is 5.91 Å². The molecule has 0 radical (unpaired) electrons. The van der Waals surface area contributed by atoms with Gasteiger partial charge in [-0.25, -0.2) is 9.78 Å². The summed E-state index contributed by atoms with van der Waals surface area (Å²) in [4.78, 5) is 26.3. The molecule has 110 valence electrons. The van der Waals surface area contributed by atoms with Gasteiger partial charge in [0.05, 0.1) is 6.54 Å². The zero-order valence-corrected chi connectivity index (χ0v) is 12.6. The Morgan fingerprint density at radius 1 is 1.33 bits per heavy atom. The van der Waals surface area contributed by atoms with Gasteiger partial charge in [-0.15, -0.1) is 11.3 Å². The third-order valence-corrected chi connectivity index (χ3v) is 4.00. The van der Waals surface area contributed by atoms with Crippen LogP contribution < -0.4 is 5.32 Å². The van der Waals surface area contributed by atoms with E-state index in [9.17, 15) is 9.59 Å². The molecule has 2 aromatic rings. The Morgan fingerprint density at radius 2 is 2.10 bits per heavy atom. The number of carboxylic acids is 1. The molecule has 0 saturated carbocycles. The fourth-order valence-corrected chi connectivity index (χ4v) is 2.64. The van der Waals surface area contributed by atoms with E-state index < -0.39 is 5.97 Å². The number of hydrogen-bond acceptors (Lipinski definition) is 4. The standard InChI is InChI=1S/C14H13ClN2O3S/c15-10-4-2-1-3-9(10)5-6-12(18)16-7-13-17-11(8-21-13)14(19)20/h1-4,8H,5-7H2,(H,16,18)(H,19,20). The lowest BCUT2D eigenvalue weighted by atomic mass is 10.1. The van der Waals surface area contributed by atoms with Crippen molar-refractivity contribution in [1.82, 2.24) is 10.3 Å². The number of thiazole rings is 1. The molecule has 1 aromatic carbocycles. The number of hydrogen-bond donors (Lipinski definition) is 2. The van der Waals surface area contributed by atoms with E-state index in [4.69, 9.17) is 16.7 Å². The van der Waals surface area contributed by atoms with Gasteiger partial charge >= 0.3 is 5.97 Å². The van der Waals surface area contributed by atoms with E-state index in [1.165, 1.54) is 16.7 Å². The van der Waals surface area contributed by atoms with E-state index in [2.05, 4.69) is 10.3 Å². The first kappa shape index (κ1) is 15.5. The first-order chi connectivity index (χ1) is 10.1. The smallest absolute Gasteiger partial charge is 0.355 e. The molecule has 0 aliphatic heterocycles. The quantitative estimate of drug-likeness (QED) is 0.856. The highest BCUT2D eigenvalue weighted by Crippen LogP contribution is 2.16. The second-order valence-corrected chi connectivity index (χ2v) is 5.65. The second-order valence-electron chi connectivity index (χ2n) is 4.30. The number of amides is 1. The molecule has 0 fully saturated rings. The van der Waals surface area contributed by atoms with E-state index in [0.29, 0.717) is 22.9 Å². The summed E-state index contributed by atoms with van der Waals surface area (Å²) in [6.45, 7) is 0.235. The maximum atomic E-state index is 11.7. The molecule has 2 rings (SSSR count). The number of nitrogens with one attached hydrogen (secondary N) is 1. The van der Waals surface area contributed by atoms with Gasteiger partial charge in [-0.3, -0.25) is 4.79 Å². The van der Waals surface area contributed by atoms with Crippen molar-refractivity contribution < 1.29 is 14.7 Å². The Labute approximate surface area is 130 Å². The van der Waals surface area contributed by atoms with Gasteiger partial charge in [0.15, 0.2) is 5.69 Å². The molecule has 7 heteroatoms. The van der Waals surface area contributed by atoms with E-state index in [0.717, 1.165) is 5.56 Å². The van der Waals surface area contributed by atoms with Gasteiger partial charge in [0, 0.05) is 16.8 Å². The lowest BCUT2D eigenvalue weighted by Crippen LogP contribution is -2.23. The fourth-order valence-electron chi connectivity index (χ4n) is 1.70. The highest BCUT2D eigenvalue weighted by atomic mass is 35.5. The van der Waals surface area contributed by atoms with E-state index in [-0.39, 0.29) is 18.1 Å². The third kappa shape index (κ3) is 4.54. The molecule has 0 aliphatic carbocycles. The van der Waals surface area contributed by atoms with Crippen LogP contribution in [0.15, 0.2) is 29.6 Å². The number of halogens is 1. The topological polar surface area (TPSA) is 79.3 Å². The van der Waals surface area contributed by atoms with E-state index in [1.54, 1.807) is 6.07 Å². The lowest BCUT2D eigenvalue weighted by Gasteiger charge is -2.05. The summed E-state index contributed by atoms with van der Waals surface area (Å²) >= 11 is 7.23. The van der Waals surface area contributed by atoms with Crippen molar-refractivity contribution in [1.29, 1.82) is 0 Å². The summed E-state index contributed by atoms with van der Waals surface area (Å²) in [5.74, 6) is -1.19. The Kier molecular flexibility index (Phi) is 5.30. The third-order valence-electron chi connectivity index (χ3n) is 2.79. The van der Waals surface area contributed by atoms with Crippen molar-refractivity contribution in [2.24, 2.45) is 0 Å². The molecular weight excluding hydrogens is 312 g/mol. The summed E-state index contributed by atoms with van der Waals surface area (Å²) in [6, 6.07) is 7.39. The minimum Gasteiger partial charge on any atom is -0.476 e. The van der Waals surface area contributed by atoms with Crippen LogP contribution in [0.25, 0.3) is 0 Å². The minimum atomic E-state index is -1.07. The van der Waals surface area contributed by atoms with Crippen LogP contribution in [-0.4, -0.2) is 22.0 Å². The highest BCUT2D eigenvalue weighted by molar-refractivity contribution is 7.09. The normalized spacial score (nSPS) is 10.3. The summed E-state index contributed by atoms with van der Waals surface area (Å²) in [7, 11) is 0. The monoisotopic (exact) mass is 324 g/mol. The molecule has 0 bridgehead atoms. The van der Waals surface area contributed by atoms with Crippen molar-refractivity contribution in [3.63, 3.8) is 0 Å². The average molecular weight is 325 g/mol. The van der Waals surface area contributed by atoms with Crippen LogP contribution in [0.1, 0.15) is 27.5 Å². The number of carbonyl (C=O) groups excluding carboxylic acids is 1. The molecular formula is C14H13ClN2O3S. The molecule has 21 heavy (non-hydrogen) atoms. The van der Waals surface area contributed by atoms with Gasteiger partial charge in [-0.05, 0) is 18.1 Å². The molecule has 0 atom stereocenters. The van der Waals surface area contributed by atoms with Crippen molar-refractivity contribution in [3.05, 3.63) is 50.9 Å². The molecule has 1 amide bonds. The molecule has 0 saturated heterocycles. The first-order valence-corrected chi connectivity index (χ1v) is 7.50. The summed E-state index contributed by atoms with van der Waals surface area (Å²) < 4.78 is 0. The van der Waals surface area contributed by atoms with Crippen LogP contribution in [0.4, 0.5) is 0 Å². The number of aryl methyl sites for hydroxylation is 1. The van der Waals surface area contributed by atoms with Gasteiger partial charge in [-0.1, -0.05) is 29.8 Å². The second kappa shape index (κ2) is 7.19. The van der Waals surface area contributed by atoms with Gasteiger partial charge in [0.1, 0.15) is 5.01 Å². The molecule has 0 spiro atoms. The molecule has 5 nitrogen and oxygen atoms in total. The largest absolute Gasteiger partial charge is 0.476 e. The van der Waals surface area contributed by atoms with Gasteiger partial charge in [0.25, 0.3) is 0 Å². The number of rotatable bonds is 6. The van der Waals surface area contributed by atoms with Crippen LogP contribution in [-0.2, 0) is 17.8 Å². The Bertz CT molecular complexity index is 657. The number of aromatic nitrogens is 1. The maximum absolute atomic E-state index is 11.7. The first-order valence-electron chi connectivity index (χ1n) is 6.24. The fraction of sp³-hybridized carbons (Fsp3) is 0.214. The lowest BCUT2D eigenvalue weighted by molar-refractivity contribution is -0.121. The minimum absolute atomic E-state index is 0.000293. The van der Waals surface area contributed by atoms with Gasteiger partial charge in [-0.2, -0.15) is 0 Å². The van der Waals surface area contributed by atoms with Crippen molar-refractivity contribution in [3.8, 4) is 0 Å². The zero-order chi connectivity index (χ0) is 15.2. The maximum Gasteiger partial charge on any atom is 0.355 e. The summed E-state index contributed by atoms with van der Waals surface area (Å²) in [6.07, 6.45) is 0.880. The Morgan fingerprint density at radius 3 is 2.76 bits per heavy atom. The van der Waals surface area contributed by atoms with Crippen LogP contribution >= 0.6 is 22.9 Å². The van der Waals surface area contributed by atoms with E-state index in [1.807, 2.05) is 18.2 Å². The van der Waals surface area contributed by atoms with Crippen molar-refractivity contribution in [2.75, 3.05) is 0 Å². The molecule has 1 heterocycles. The summed E-state index contributed by atoms with van der Waals surface area (Å²) in [5, 5.41) is 14.1. The number of nitrogens with zero attached hydrogens (tertiary/aromatic N) is 1. The van der Waals surface area contributed by atoms with Crippen LogP contribution in [0.2, 0.25) is 5.02 Å². The number of carbonyl (C=O) groups is 2. The number of carboxylic acid groups (broad SMARTS) is 1. The van der Waals surface area contributed by atoms with Gasteiger partial charge < -0.3 is 10.4 Å². The number of benzene rings is 1. The highest BCUT2D eigenvalue weighted by Gasteiger charge is 2.10. The number of aromatic carboxylic acids is 1. The molecule has 0 unspecified atom stereocenters. The SMILES string of the molecule is O=C(CCc1ccccc1Cl)NCc1nc(C(=O)O)cs1. The molecule has 2 N–H and O–H groups in total. The van der Waals surface area contributed by atoms with E-state index >= 15 is 0 Å². The average Bonchev–Trinajstić information content (AvgIpc) is 2.93.